The normalized spacial score (nSPS) is 20.0. The van der Waals surface area contributed by atoms with Crippen molar-refractivity contribution >= 4 is 23.4 Å². The SMILES string of the molecule is CC1CC(Cl)=CC=C1/C(=C\Sc1ccccc1)C(F)(F)F. The van der Waals surface area contributed by atoms with Crippen LogP contribution in [0.5, 0.6) is 0 Å². The number of alkyl halides is 3. The Morgan fingerprint density at radius 3 is 2.48 bits per heavy atom. The van der Waals surface area contributed by atoms with Gasteiger partial charge in [-0.2, -0.15) is 13.2 Å². The van der Waals surface area contributed by atoms with Gasteiger partial charge in [0.15, 0.2) is 0 Å². The molecule has 1 aliphatic rings. The summed E-state index contributed by atoms with van der Waals surface area (Å²) >= 11 is 6.95. The molecule has 1 aromatic rings. The summed E-state index contributed by atoms with van der Waals surface area (Å²) in [5, 5.41) is 1.77. The summed E-state index contributed by atoms with van der Waals surface area (Å²) in [6, 6.07) is 9.00. The number of hydrogen-bond acceptors (Lipinski definition) is 1. The molecule has 0 spiro atoms. The molecule has 0 bridgehead atoms. The van der Waals surface area contributed by atoms with Gasteiger partial charge in [-0.25, -0.2) is 0 Å². The average Bonchev–Trinajstić information content (AvgIpc) is 2.41. The standard InChI is InChI=1S/C16H14ClF3S/c1-11-9-12(17)7-8-14(11)15(16(18,19)20)10-21-13-5-3-2-4-6-13/h2-8,10-11H,9H2,1H3/b15-10+. The van der Waals surface area contributed by atoms with Gasteiger partial charge in [-0.15, -0.1) is 0 Å². The van der Waals surface area contributed by atoms with Crippen molar-refractivity contribution in [2.45, 2.75) is 24.4 Å². The van der Waals surface area contributed by atoms with Crippen molar-refractivity contribution in [1.82, 2.24) is 0 Å². The largest absolute Gasteiger partial charge is 0.417 e. The number of halogens is 4. The Bertz CT molecular complexity index is 585. The third-order valence-corrected chi connectivity index (χ3v) is 4.33. The molecule has 1 atom stereocenters. The van der Waals surface area contributed by atoms with Gasteiger partial charge in [0.25, 0.3) is 0 Å². The molecule has 0 radical (unpaired) electrons. The zero-order valence-corrected chi connectivity index (χ0v) is 12.9. The third-order valence-electron chi connectivity index (χ3n) is 3.15. The summed E-state index contributed by atoms with van der Waals surface area (Å²) in [6.45, 7) is 1.76. The van der Waals surface area contributed by atoms with E-state index in [0.717, 1.165) is 16.7 Å². The van der Waals surface area contributed by atoms with Crippen LogP contribution in [0.3, 0.4) is 0 Å². The van der Waals surface area contributed by atoms with Crippen molar-refractivity contribution in [3.8, 4) is 0 Å². The van der Waals surface area contributed by atoms with Gasteiger partial charge < -0.3 is 0 Å². The first-order valence-corrected chi connectivity index (χ1v) is 7.69. The molecule has 5 heteroatoms. The molecule has 0 amide bonds. The molecule has 1 unspecified atom stereocenters. The Morgan fingerprint density at radius 2 is 1.90 bits per heavy atom. The summed E-state index contributed by atoms with van der Waals surface area (Å²) in [5.41, 5.74) is -0.306. The predicted molar refractivity (Wildman–Crippen MR) is 82.2 cm³/mol. The molecule has 0 fully saturated rings. The van der Waals surface area contributed by atoms with Gasteiger partial charge in [-0.1, -0.05) is 54.6 Å². The first-order chi connectivity index (χ1) is 9.88. The highest BCUT2D eigenvalue weighted by Crippen LogP contribution is 2.41. The summed E-state index contributed by atoms with van der Waals surface area (Å²) in [7, 11) is 0. The predicted octanol–water partition coefficient (Wildman–Crippen LogP) is 6.31. The maximum absolute atomic E-state index is 13.3. The summed E-state index contributed by atoms with van der Waals surface area (Å²) in [6.07, 6.45) is -0.915. The van der Waals surface area contributed by atoms with Crippen LogP contribution in [0.2, 0.25) is 0 Å². The Hall–Kier alpha value is -1.13. The monoisotopic (exact) mass is 330 g/mol. The fraction of sp³-hybridized carbons (Fsp3) is 0.250. The van der Waals surface area contributed by atoms with Crippen LogP contribution in [0.4, 0.5) is 13.2 Å². The number of allylic oxidation sites excluding steroid dienone is 5. The minimum absolute atomic E-state index is 0.244. The second-order valence-electron chi connectivity index (χ2n) is 4.80. The van der Waals surface area contributed by atoms with Crippen LogP contribution in [0.25, 0.3) is 0 Å². The Kier molecular flexibility index (Phi) is 5.22. The molecule has 112 valence electrons. The van der Waals surface area contributed by atoms with Crippen LogP contribution in [0.1, 0.15) is 13.3 Å². The van der Waals surface area contributed by atoms with Crippen molar-refractivity contribution in [3.05, 3.63) is 64.1 Å². The van der Waals surface area contributed by atoms with E-state index in [-0.39, 0.29) is 11.5 Å². The van der Waals surface area contributed by atoms with Crippen LogP contribution >= 0.6 is 23.4 Å². The van der Waals surface area contributed by atoms with Crippen molar-refractivity contribution in [3.63, 3.8) is 0 Å². The Morgan fingerprint density at radius 1 is 1.24 bits per heavy atom. The van der Waals surface area contributed by atoms with Gasteiger partial charge in [0, 0.05) is 9.93 Å². The fourth-order valence-corrected chi connectivity index (χ4v) is 3.23. The number of rotatable bonds is 3. The van der Waals surface area contributed by atoms with Gasteiger partial charge in [0.2, 0.25) is 0 Å². The second kappa shape index (κ2) is 6.75. The van der Waals surface area contributed by atoms with Crippen molar-refractivity contribution in [2.24, 2.45) is 5.92 Å². The molecule has 21 heavy (non-hydrogen) atoms. The van der Waals surface area contributed by atoms with E-state index >= 15 is 0 Å². The van der Waals surface area contributed by atoms with E-state index in [9.17, 15) is 13.2 Å². The van der Waals surface area contributed by atoms with Gasteiger partial charge in [0.1, 0.15) is 0 Å². The maximum Gasteiger partial charge on any atom is 0.417 e. The van der Waals surface area contributed by atoms with Gasteiger partial charge in [0.05, 0.1) is 5.57 Å². The maximum atomic E-state index is 13.3. The second-order valence-corrected chi connectivity index (χ2v) is 6.23. The Balaban J connectivity index is 2.32. The van der Waals surface area contributed by atoms with Crippen LogP contribution in [-0.2, 0) is 0 Å². The molecular weight excluding hydrogens is 317 g/mol. The van der Waals surface area contributed by atoms with Crippen LogP contribution < -0.4 is 0 Å². The zero-order valence-electron chi connectivity index (χ0n) is 11.3. The summed E-state index contributed by atoms with van der Waals surface area (Å²) in [4.78, 5) is 0.775. The van der Waals surface area contributed by atoms with Crippen molar-refractivity contribution in [2.75, 3.05) is 0 Å². The molecule has 2 rings (SSSR count). The number of thioether (sulfide) groups is 1. The molecule has 0 saturated heterocycles. The van der Waals surface area contributed by atoms with Gasteiger partial charge >= 0.3 is 6.18 Å². The molecule has 1 aliphatic carbocycles. The molecular formula is C16H14ClF3S. The molecule has 0 heterocycles. The van der Waals surface area contributed by atoms with E-state index < -0.39 is 11.7 Å². The molecule has 0 N–H and O–H groups in total. The quantitative estimate of drug-likeness (QED) is 0.585. The van der Waals surface area contributed by atoms with E-state index in [1.807, 2.05) is 6.07 Å². The van der Waals surface area contributed by atoms with Gasteiger partial charge in [-0.05, 0) is 41.5 Å². The van der Waals surface area contributed by atoms with E-state index in [4.69, 9.17) is 11.6 Å². The van der Waals surface area contributed by atoms with Crippen LogP contribution in [0, 0.1) is 5.92 Å². The van der Waals surface area contributed by atoms with E-state index in [1.165, 1.54) is 11.5 Å². The highest BCUT2D eigenvalue weighted by atomic mass is 35.5. The Labute approximate surface area is 131 Å². The zero-order chi connectivity index (χ0) is 15.5. The summed E-state index contributed by atoms with van der Waals surface area (Å²) in [5.74, 6) is -0.244. The highest BCUT2D eigenvalue weighted by molar-refractivity contribution is 8.02. The lowest BCUT2D eigenvalue weighted by Crippen LogP contribution is -2.18. The lowest BCUT2D eigenvalue weighted by atomic mass is 9.88. The topological polar surface area (TPSA) is 0 Å². The van der Waals surface area contributed by atoms with Crippen molar-refractivity contribution in [1.29, 1.82) is 0 Å². The molecule has 0 aliphatic heterocycles. The average molecular weight is 331 g/mol. The van der Waals surface area contributed by atoms with Crippen molar-refractivity contribution < 1.29 is 13.2 Å². The van der Waals surface area contributed by atoms with E-state index in [0.29, 0.717) is 11.5 Å². The lowest BCUT2D eigenvalue weighted by molar-refractivity contribution is -0.0898. The molecule has 0 saturated carbocycles. The molecule has 0 nitrogen and oxygen atoms in total. The molecule has 1 aromatic carbocycles. The minimum atomic E-state index is -4.38. The van der Waals surface area contributed by atoms with Crippen LogP contribution in [-0.4, -0.2) is 6.18 Å². The first kappa shape index (κ1) is 16.2. The highest BCUT2D eigenvalue weighted by Gasteiger charge is 2.37. The molecule has 0 aromatic heterocycles. The fourth-order valence-electron chi connectivity index (χ4n) is 2.09. The van der Waals surface area contributed by atoms with Crippen LogP contribution in [0.15, 0.2) is 69.0 Å². The van der Waals surface area contributed by atoms with Gasteiger partial charge in [-0.3, -0.25) is 0 Å². The lowest BCUT2D eigenvalue weighted by Gasteiger charge is -2.23. The number of benzene rings is 1. The minimum Gasteiger partial charge on any atom is -0.166 e. The summed E-state index contributed by atoms with van der Waals surface area (Å²) < 4.78 is 39.9. The smallest absolute Gasteiger partial charge is 0.166 e. The number of hydrogen-bond donors (Lipinski definition) is 0. The van der Waals surface area contributed by atoms with E-state index in [2.05, 4.69) is 0 Å². The third kappa shape index (κ3) is 4.42. The van der Waals surface area contributed by atoms with E-state index in [1.54, 1.807) is 37.3 Å². The first-order valence-electron chi connectivity index (χ1n) is 6.43.